The van der Waals surface area contributed by atoms with Crippen LogP contribution < -0.4 is 21.3 Å². The van der Waals surface area contributed by atoms with Crippen molar-refractivity contribution in [3.05, 3.63) is 107 Å². The normalized spacial score (nSPS) is 12.7. The summed E-state index contributed by atoms with van der Waals surface area (Å²) in [5.41, 5.74) is 11.9. The average Bonchev–Trinajstić information content (AvgIpc) is 2.93. The first-order valence-electron chi connectivity index (χ1n) is 16.0. The molecule has 4 N–H and O–H groups in total. The molecule has 0 saturated heterocycles. The van der Waals surface area contributed by atoms with Crippen molar-refractivity contribution in [1.82, 2.24) is 0 Å². The Hall–Kier alpha value is -3.92. The lowest BCUT2D eigenvalue weighted by atomic mass is 10.0. The fourth-order valence-corrected chi connectivity index (χ4v) is 5.85. The van der Waals surface area contributed by atoms with Crippen LogP contribution in [0.25, 0.3) is 0 Å². The second-order valence-electron chi connectivity index (χ2n) is 13.2. The molecule has 0 saturated carbocycles. The smallest absolute Gasteiger partial charge is 0.0388 e. The molecule has 2 unspecified atom stereocenters. The molecule has 0 aliphatic rings. The maximum atomic E-state index is 3.66. The number of hydrogen-bond acceptors (Lipinski definition) is 4. The first-order valence-corrected chi connectivity index (χ1v) is 16.0. The van der Waals surface area contributed by atoms with Gasteiger partial charge in [-0.3, -0.25) is 0 Å². The minimum absolute atomic E-state index is 0.463. The van der Waals surface area contributed by atoms with Gasteiger partial charge in [0, 0.05) is 46.2 Å². The molecule has 0 fully saturated rings. The summed E-state index contributed by atoms with van der Waals surface area (Å²) in [7, 11) is 0. The first kappa shape index (κ1) is 32.0. The fraction of sp³-hybridized carbons (Fsp3) is 0.385. The van der Waals surface area contributed by atoms with Crippen LogP contribution in [-0.2, 0) is 6.42 Å². The molecular formula is C39H52N4. The first-order chi connectivity index (χ1) is 20.5. The zero-order chi connectivity index (χ0) is 30.9. The van der Waals surface area contributed by atoms with Crippen LogP contribution in [0.5, 0.6) is 0 Å². The van der Waals surface area contributed by atoms with Gasteiger partial charge >= 0.3 is 0 Å². The Morgan fingerprint density at radius 1 is 0.465 bits per heavy atom. The van der Waals surface area contributed by atoms with Gasteiger partial charge in [0.2, 0.25) is 0 Å². The molecule has 228 valence electrons. The molecule has 0 spiro atoms. The monoisotopic (exact) mass is 576 g/mol. The van der Waals surface area contributed by atoms with Crippen molar-refractivity contribution in [3.8, 4) is 0 Å². The summed E-state index contributed by atoms with van der Waals surface area (Å²) < 4.78 is 0. The van der Waals surface area contributed by atoms with Gasteiger partial charge in [-0.05, 0) is 142 Å². The van der Waals surface area contributed by atoms with Gasteiger partial charge in [0.05, 0.1) is 0 Å². The molecular weight excluding hydrogens is 524 g/mol. The van der Waals surface area contributed by atoms with Gasteiger partial charge in [-0.15, -0.1) is 0 Å². The Kier molecular flexibility index (Phi) is 11.2. The summed E-state index contributed by atoms with van der Waals surface area (Å²) in [4.78, 5) is 0. The predicted molar refractivity (Wildman–Crippen MR) is 190 cm³/mol. The third kappa shape index (κ3) is 10.1. The lowest BCUT2D eigenvalue weighted by Crippen LogP contribution is -2.18. The van der Waals surface area contributed by atoms with E-state index in [1.54, 1.807) is 0 Å². The topological polar surface area (TPSA) is 48.1 Å². The molecule has 4 aromatic rings. The Bertz CT molecular complexity index is 1330. The van der Waals surface area contributed by atoms with E-state index in [-0.39, 0.29) is 0 Å². The Balaban J connectivity index is 1.29. The van der Waals surface area contributed by atoms with Gasteiger partial charge in [0.15, 0.2) is 0 Å². The highest BCUT2D eigenvalue weighted by molar-refractivity contribution is 5.67. The summed E-state index contributed by atoms with van der Waals surface area (Å²) in [6.07, 6.45) is 3.23. The quantitative estimate of drug-likeness (QED) is 0.121. The van der Waals surface area contributed by atoms with Gasteiger partial charge in [0.1, 0.15) is 0 Å². The van der Waals surface area contributed by atoms with Gasteiger partial charge in [-0.2, -0.15) is 0 Å². The SMILES string of the molecule is Cc1cc(Nc2ccc(Cc3ccc(Nc4ccc(NC(C)CC(C)C)c(C)c4)cc3)cc2)ccc1NC(C)CC(C)C. The van der Waals surface area contributed by atoms with E-state index in [4.69, 9.17) is 0 Å². The number of aryl methyl sites for hydroxylation is 2. The minimum Gasteiger partial charge on any atom is -0.382 e. The lowest BCUT2D eigenvalue weighted by Gasteiger charge is -2.19. The van der Waals surface area contributed by atoms with E-state index < -0.39 is 0 Å². The van der Waals surface area contributed by atoms with Crippen molar-refractivity contribution in [2.75, 3.05) is 21.3 Å². The van der Waals surface area contributed by atoms with E-state index in [1.807, 2.05) is 0 Å². The lowest BCUT2D eigenvalue weighted by molar-refractivity contribution is 0.539. The van der Waals surface area contributed by atoms with E-state index in [2.05, 4.69) is 162 Å². The van der Waals surface area contributed by atoms with Crippen molar-refractivity contribution >= 4 is 34.1 Å². The van der Waals surface area contributed by atoms with Crippen LogP contribution in [0.3, 0.4) is 0 Å². The second kappa shape index (κ2) is 15.0. The molecule has 0 bridgehead atoms. The molecule has 0 aromatic heterocycles. The molecule has 0 aliphatic carbocycles. The molecule has 4 heteroatoms. The van der Waals surface area contributed by atoms with Crippen LogP contribution in [-0.4, -0.2) is 12.1 Å². The van der Waals surface area contributed by atoms with Crippen LogP contribution in [0, 0.1) is 25.7 Å². The van der Waals surface area contributed by atoms with Gasteiger partial charge in [-0.25, -0.2) is 0 Å². The minimum atomic E-state index is 0.463. The number of hydrogen-bond donors (Lipinski definition) is 4. The zero-order valence-corrected chi connectivity index (χ0v) is 27.5. The molecule has 4 rings (SSSR count). The summed E-state index contributed by atoms with van der Waals surface area (Å²) in [6.45, 7) is 17.9. The number of anilines is 6. The van der Waals surface area contributed by atoms with Crippen LogP contribution in [0.1, 0.15) is 76.6 Å². The number of benzene rings is 4. The van der Waals surface area contributed by atoms with Crippen LogP contribution in [0.4, 0.5) is 34.1 Å². The molecule has 0 aliphatic heterocycles. The maximum Gasteiger partial charge on any atom is 0.0388 e. The molecule has 2 atom stereocenters. The van der Waals surface area contributed by atoms with Crippen LogP contribution >= 0.6 is 0 Å². The maximum absolute atomic E-state index is 3.66. The van der Waals surface area contributed by atoms with Crippen molar-refractivity contribution < 1.29 is 0 Å². The van der Waals surface area contributed by atoms with Gasteiger partial charge in [0.25, 0.3) is 0 Å². The van der Waals surface area contributed by atoms with Crippen molar-refractivity contribution in [3.63, 3.8) is 0 Å². The van der Waals surface area contributed by atoms with E-state index >= 15 is 0 Å². The highest BCUT2D eigenvalue weighted by atomic mass is 14.9. The molecule has 0 radical (unpaired) electrons. The largest absolute Gasteiger partial charge is 0.382 e. The standard InChI is InChI=1S/C39H52N4/c1-26(2)21-30(7)40-38-19-17-36(23-28(38)5)42-34-13-9-32(10-14-34)25-33-11-15-35(16-12-33)43-37-18-20-39(29(6)24-37)41-31(8)22-27(3)4/h9-20,23-24,26-27,30-31,40-43H,21-22,25H2,1-8H3. The molecule has 0 amide bonds. The summed E-state index contributed by atoms with van der Waals surface area (Å²) in [5, 5.41) is 14.4. The summed E-state index contributed by atoms with van der Waals surface area (Å²) in [5.74, 6) is 1.37. The van der Waals surface area contributed by atoms with Gasteiger partial charge in [-0.1, -0.05) is 52.0 Å². The third-order valence-corrected chi connectivity index (χ3v) is 7.80. The van der Waals surface area contributed by atoms with Crippen LogP contribution in [0.2, 0.25) is 0 Å². The molecule has 43 heavy (non-hydrogen) atoms. The van der Waals surface area contributed by atoms with E-state index in [0.29, 0.717) is 23.9 Å². The zero-order valence-electron chi connectivity index (χ0n) is 27.5. The Morgan fingerprint density at radius 2 is 0.814 bits per heavy atom. The highest BCUT2D eigenvalue weighted by Gasteiger charge is 2.09. The molecule has 4 nitrogen and oxygen atoms in total. The van der Waals surface area contributed by atoms with Crippen LogP contribution in [0.15, 0.2) is 84.9 Å². The summed E-state index contributed by atoms with van der Waals surface area (Å²) >= 11 is 0. The number of rotatable bonds is 14. The highest BCUT2D eigenvalue weighted by Crippen LogP contribution is 2.27. The average molecular weight is 577 g/mol. The summed E-state index contributed by atoms with van der Waals surface area (Å²) in [6, 6.07) is 31.6. The van der Waals surface area contributed by atoms with Crippen molar-refractivity contribution in [2.45, 2.75) is 86.7 Å². The second-order valence-corrected chi connectivity index (χ2v) is 13.2. The van der Waals surface area contributed by atoms with Crippen molar-refractivity contribution in [2.24, 2.45) is 11.8 Å². The number of nitrogens with one attached hydrogen (secondary N) is 4. The predicted octanol–water partition coefficient (Wildman–Crippen LogP) is 11.1. The Labute approximate surface area is 260 Å². The van der Waals surface area contributed by atoms with E-state index in [1.165, 1.54) is 33.6 Å². The molecule has 0 heterocycles. The van der Waals surface area contributed by atoms with Gasteiger partial charge < -0.3 is 21.3 Å². The fourth-order valence-electron chi connectivity index (χ4n) is 5.85. The van der Waals surface area contributed by atoms with E-state index in [9.17, 15) is 0 Å². The molecule has 4 aromatic carbocycles. The van der Waals surface area contributed by atoms with E-state index in [0.717, 1.165) is 42.0 Å². The third-order valence-electron chi connectivity index (χ3n) is 7.80. The van der Waals surface area contributed by atoms with Crippen molar-refractivity contribution in [1.29, 1.82) is 0 Å². The Morgan fingerprint density at radius 3 is 1.14 bits per heavy atom.